The maximum Gasteiger partial charge on any atom is 0.238 e. The van der Waals surface area contributed by atoms with E-state index in [1.807, 2.05) is 30.3 Å². The van der Waals surface area contributed by atoms with Gasteiger partial charge in [0.05, 0.1) is 18.1 Å². The number of fused-ring (bicyclic) bond motifs is 1. The summed E-state index contributed by atoms with van der Waals surface area (Å²) in [5.41, 5.74) is 1.21. The summed E-state index contributed by atoms with van der Waals surface area (Å²) in [6.07, 6.45) is 4.54. The molecule has 0 saturated carbocycles. The normalized spacial score (nSPS) is 11.3. The van der Waals surface area contributed by atoms with Gasteiger partial charge in [-0.05, 0) is 41.1 Å². The van der Waals surface area contributed by atoms with Gasteiger partial charge in [0, 0.05) is 11.8 Å². The Morgan fingerprint density at radius 1 is 0.900 bits per heavy atom. The van der Waals surface area contributed by atoms with E-state index in [1.165, 1.54) is 18.7 Å². The molecule has 5 rings (SSSR count). The SMILES string of the molecule is N#Cc1c(/N=C/c2c(O)ccc3ccccc23)oc(-c2ccco2)c1-c1ccco1. The highest BCUT2D eigenvalue weighted by atomic mass is 16.4. The standard InChI is InChI=1S/C24H14N2O4/c25-13-17-22(20-7-3-11-28-20)23(21-8-4-12-29-21)30-24(17)26-14-18-16-6-2-1-5-15(16)9-10-19(18)27/h1-12,14,27H/b26-14+. The Labute approximate surface area is 170 Å². The largest absolute Gasteiger partial charge is 0.507 e. The molecule has 3 heterocycles. The summed E-state index contributed by atoms with van der Waals surface area (Å²) >= 11 is 0. The monoisotopic (exact) mass is 394 g/mol. The number of aromatic hydroxyl groups is 1. The highest BCUT2D eigenvalue weighted by Gasteiger charge is 2.26. The number of benzene rings is 2. The maximum absolute atomic E-state index is 10.4. The van der Waals surface area contributed by atoms with E-state index in [1.54, 1.807) is 30.3 Å². The molecule has 6 heteroatoms. The first kappa shape index (κ1) is 17.6. The van der Waals surface area contributed by atoms with Gasteiger partial charge in [0.2, 0.25) is 5.88 Å². The average molecular weight is 394 g/mol. The Morgan fingerprint density at radius 3 is 2.40 bits per heavy atom. The van der Waals surface area contributed by atoms with Crippen LogP contribution in [0.5, 0.6) is 5.75 Å². The highest BCUT2D eigenvalue weighted by molar-refractivity contribution is 6.03. The van der Waals surface area contributed by atoms with E-state index in [9.17, 15) is 10.4 Å². The van der Waals surface area contributed by atoms with Gasteiger partial charge in [-0.25, -0.2) is 4.99 Å². The summed E-state index contributed by atoms with van der Waals surface area (Å²) in [6, 6.07) is 20.2. The Hall–Kier alpha value is -4.50. The Morgan fingerprint density at radius 2 is 1.67 bits per heavy atom. The Bertz CT molecular complexity index is 1400. The molecule has 0 radical (unpaired) electrons. The van der Waals surface area contributed by atoms with Crippen LogP contribution < -0.4 is 0 Å². The van der Waals surface area contributed by atoms with Gasteiger partial charge in [-0.3, -0.25) is 0 Å². The summed E-state index contributed by atoms with van der Waals surface area (Å²) < 4.78 is 16.9. The lowest BCUT2D eigenvalue weighted by atomic mass is 10.0. The maximum atomic E-state index is 10.4. The molecule has 6 nitrogen and oxygen atoms in total. The first-order valence-electron chi connectivity index (χ1n) is 9.15. The fourth-order valence-corrected chi connectivity index (χ4v) is 3.39. The number of hydrogen-bond acceptors (Lipinski definition) is 6. The predicted octanol–water partition coefficient (Wildman–Crippen LogP) is 6.28. The van der Waals surface area contributed by atoms with Crippen molar-refractivity contribution in [2.75, 3.05) is 0 Å². The second kappa shape index (κ2) is 7.15. The first-order valence-corrected chi connectivity index (χ1v) is 9.15. The third kappa shape index (κ3) is 2.86. The fraction of sp³-hybridized carbons (Fsp3) is 0. The number of phenols is 1. The minimum Gasteiger partial charge on any atom is -0.507 e. The van der Waals surface area contributed by atoms with E-state index in [-0.39, 0.29) is 17.2 Å². The number of nitriles is 1. The van der Waals surface area contributed by atoms with Crippen molar-refractivity contribution in [2.24, 2.45) is 4.99 Å². The van der Waals surface area contributed by atoms with Gasteiger partial charge in [-0.2, -0.15) is 5.26 Å². The summed E-state index contributed by atoms with van der Waals surface area (Å²) in [6.45, 7) is 0. The molecule has 0 fully saturated rings. The van der Waals surface area contributed by atoms with Crippen LogP contribution in [0, 0.1) is 11.3 Å². The van der Waals surface area contributed by atoms with Gasteiger partial charge < -0.3 is 18.4 Å². The second-order valence-corrected chi connectivity index (χ2v) is 6.53. The number of hydrogen-bond donors (Lipinski definition) is 1. The number of rotatable bonds is 4. The molecule has 0 spiro atoms. The van der Waals surface area contributed by atoms with Crippen molar-refractivity contribution < 1.29 is 18.4 Å². The molecule has 2 aromatic carbocycles. The van der Waals surface area contributed by atoms with Crippen LogP contribution in [0.25, 0.3) is 33.6 Å². The third-order valence-corrected chi connectivity index (χ3v) is 4.77. The van der Waals surface area contributed by atoms with Crippen LogP contribution in [-0.4, -0.2) is 11.3 Å². The van der Waals surface area contributed by atoms with E-state index in [2.05, 4.69) is 11.1 Å². The van der Waals surface area contributed by atoms with Crippen LogP contribution in [0.1, 0.15) is 11.1 Å². The van der Waals surface area contributed by atoms with Crippen molar-refractivity contribution in [3.05, 3.63) is 84.3 Å². The molecule has 0 aliphatic rings. The van der Waals surface area contributed by atoms with Crippen molar-refractivity contribution in [3.63, 3.8) is 0 Å². The summed E-state index contributed by atoms with van der Waals surface area (Å²) in [5.74, 6) is 1.45. The number of phenolic OH excluding ortho intramolecular Hbond substituents is 1. The van der Waals surface area contributed by atoms with Crippen LogP contribution in [-0.2, 0) is 0 Å². The summed E-state index contributed by atoms with van der Waals surface area (Å²) in [7, 11) is 0. The van der Waals surface area contributed by atoms with Gasteiger partial charge in [-0.1, -0.05) is 30.3 Å². The van der Waals surface area contributed by atoms with Crippen LogP contribution in [0.4, 0.5) is 5.88 Å². The molecule has 1 N–H and O–H groups in total. The van der Waals surface area contributed by atoms with Crippen molar-refractivity contribution in [3.8, 4) is 34.7 Å². The van der Waals surface area contributed by atoms with E-state index in [4.69, 9.17) is 13.3 Å². The molecule has 0 amide bonds. The number of furan rings is 3. The van der Waals surface area contributed by atoms with Gasteiger partial charge in [0.15, 0.2) is 11.5 Å². The molecule has 0 bridgehead atoms. The van der Waals surface area contributed by atoms with Gasteiger partial charge >= 0.3 is 0 Å². The molecule has 3 aromatic heterocycles. The van der Waals surface area contributed by atoms with Gasteiger partial charge in [-0.15, -0.1) is 0 Å². The molecule has 0 saturated heterocycles. The Kier molecular flexibility index (Phi) is 4.19. The van der Waals surface area contributed by atoms with Crippen molar-refractivity contribution >= 4 is 22.9 Å². The predicted molar refractivity (Wildman–Crippen MR) is 112 cm³/mol. The molecule has 0 aliphatic carbocycles. The highest BCUT2D eigenvalue weighted by Crippen LogP contribution is 2.43. The quantitative estimate of drug-likeness (QED) is 0.362. The average Bonchev–Trinajstić information content (AvgIpc) is 3.53. The number of nitrogens with zero attached hydrogens (tertiary/aromatic N) is 2. The van der Waals surface area contributed by atoms with Crippen LogP contribution in [0.3, 0.4) is 0 Å². The van der Waals surface area contributed by atoms with Gasteiger partial charge in [0.25, 0.3) is 0 Å². The van der Waals surface area contributed by atoms with Crippen molar-refractivity contribution in [1.29, 1.82) is 5.26 Å². The molecule has 0 unspecified atom stereocenters. The lowest BCUT2D eigenvalue weighted by Gasteiger charge is -2.04. The molecule has 0 aliphatic heterocycles. The summed E-state index contributed by atoms with van der Waals surface area (Å²) in [4.78, 5) is 4.40. The topological polar surface area (TPSA) is 95.8 Å². The first-order chi connectivity index (χ1) is 14.8. The molecule has 5 aromatic rings. The minimum atomic E-state index is 0.0834. The number of aliphatic imine (C=N–C) groups is 1. The van der Waals surface area contributed by atoms with Crippen LogP contribution >= 0.6 is 0 Å². The fourth-order valence-electron chi connectivity index (χ4n) is 3.39. The van der Waals surface area contributed by atoms with Crippen LogP contribution in [0.2, 0.25) is 0 Å². The second-order valence-electron chi connectivity index (χ2n) is 6.53. The molecule has 0 atom stereocenters. The lowest BCUT2D eigenvalue weighted by Crippen LogP contribution is -1.86. The van der Waals surface area contributed by atoms with E-state index >= 15 is 0 Å². The molecule has 30 heavy (non-hydrogen) atoms. The van der Waals surface area contributed by atoms with Crippen molar-refractivity contribution in [2.45, 2.75) is 0 Å². The Balaban J connectivity index is 1.69. The van der Waals surface area contributed by atoms with Crippen LogP contribution in [0.15, 0.2) is 91.4 Å². The van der Waals surface area contributed by atoms with Gasteiger partial charge in [0.1, 0.15) is 23.1 Å². The van der Waals surface area contributed by atoms with Crippen molar-refractivity contribution in [1.82, 2.24) is 0 Å². The smallest absolute Gasteiger partial charge is 0.238 e. The van der Waals surface area contributed by atoms with E-state index in [0.717, 1.165) is 10.8 Å². The van der Waals surface area contributed by atoms with E-state index in [0.29, 0.717) is 28.4 Å². The zero-order valence-corrected chi connectivity index (χ0v) is 15.6. The molecule has 144 valence electrons. The third-order valence-electron chi connectivity index (χ3n) is 4.77. The summed E-state index contributed by atoms with van der Waals surface area (Å²) in [5, 5.41) is 22.0. The zero-order chi connectivity index (χ0) is 20.5. The minimum absolute atomic E-state index is 0.0834. The lowest BCUT2D eigenvalue weighted by molar-refractivity contribution is 0.475. The molecular weight excluding hydrogens is 380 g/mol. The zero-order valence-electron chi connectivity index (χ0n) is 15.6. The molecular formula is C24H14N2O4. The van der Waals surface area contributed by atoms with E-state index < -0.39 is 0 Å².